The van der Waals surface area contributed by atoms with Crippen LogP contribution in [0.15, 0.2) is 12.2 Å². The molecule has 0 spiro atoms. The van der Waals surface area contributed by atoms with Crippen LogP contribution in [0.3, 0.4) is 0 Å². The van der Waals surface area contributed by atoms with Gasteiger partial charge in [0.1, 0.15) is 10.1 Å². The molecule has 0 aromatic heterocycles. The summed E-state index contributed by atoms with van der Waals surface area (Å²) in [5.41, 5.74) is 0. The standard InChI is InChI=1S/C18H34O5S.2K/c1-2-3-4-5-6-7-8-9-10-11-12-13-14-15-16-17(18(19)20)24(21,22)23;;/h9-10,17H,2-8,11-16H2,1H3,(H,19,20)(H,21,22,23);;/q;2*+1/p-2/b10-9-;;. The minimum absolute atomic E-state index is 0. The van der Waals surface area contributed by atoms with Crippen LogP contribution in [0.1, 0.15) is 90.4 Å². The van der Waals surface area contributed by atoms with E-state index >= 15 is 0 Å². The first-order valence-electron chi connectivity index (χ1n) is 9.20. The summed E-state index contributed by atoms with van der Waals surface area (Å²) in [5, 5.41) is 8.70. The summed E-state index contributed by atoms with van der Waals surface area (Å²) in [6.07, 6.45) is 17.2. The van der Waals surface area contributed by atoms with Crippen molar-refractivity contribution in [1.82, 2.24) is 0 Å². The second kappa shape index (κ2) is 22.1. The van der Waals surface area contributed by atoms with Crippen LogP contribution in [0.4, 0.5) is 0 Å². The molecule has 1 atom stereocenters. The van der Waals surface area contributed by atoms with Crippen LogP contribution in [-0.2, 0) is 14.9 Å². The Hall–Kier alpha value is 2.39. The largest absolute Gasteiger partial charge is 1.00 e. The summed E-state index contributed by atoms with van der Waals surface area (Å²) >= 11 is 0. The van der Waals surface area contributed by atoms with Crippen molar-refractivity contribution in [3.8, 4) is 0 Å². The Morgan fingerprint density at radius 2 is 1.27 bits per heavy atom. The zero-order chi connectivity index (χ0) is 18.3. The molecule has 0 bridgehead atoms. The number of carbonyl (C=O) groups excluding carboxylic acids is 1. The summed E-state index contributed by atoms with van der Waals surface area (Å²) in [7, 11) is -4.81. The van der Waals surface area contributed by atoms with Gasteiger partial charge in [-0.3, -0.25) is 0 Å². The predicted molar refractivity (Wildman–Crippen MR) is 93.3 cm³/mol. The van der Waals surface area contributed by atoms with Gasteiger partial charge in [-0.1, -0.05) is 70.4 Å². The number of aliphatic carboxylic acids is 1. The van der Waals surface area contributed by atoms with Crippen LogP contribution in [0, 0.1) is 0 Å². The molecule has 0 fully saturated rings. The number of carbonyl (C=O) groups is 1. The number of hydrogen-bond donors (Lipinski definition) is 0. The number of allylic oxidation sites excluding steroid dienone is 2. The van der Waals surface area contributed by atoms with Gasteiger partial charge in [0.2, 0.25) is 0 Å². The van der Waals surface area contributed by atoms with Crippen LogP contribution in [0.25, 0.3) is 0 Å². The molecular formula is C18H32K2O5S. The molecule has 142 valence electrons. The summed E-state index contributed by atoms with van der Waals surface area (Å²) < 4.78 is 32.3. The molecular weight excluding hydrogens is 406 g/mol. The van der Waals surface area contributed by atoms with Crippen molar-refractivity contribution >= 4 is 16.1 Å². The molecule has 0 radical (unpaired) electrons. The van der Waals surface area contributed by atoms with Gasteiger partial charge in [-0.25, -0.2) is 8.42 Å². The van der Waals surface area contributed by atoms with E-state index in [-0.39, 0.29) is 109 Å². The number of unbranched alkanes of at least 4 members (excludes halogenated alkanes) is 10. The third-order valence-corrected chi connectivity index (χ3v) is 5.21. The van der Waals surface area contributed by atoms with Crippen molar-refractivity contribution in [1.29, 1.82) is 0 Å². The topological polar surface area (TPSA) is 97.3 Å². The molecule has 0 saturated carbocycles. The van der Waals surface area contributed by atoms with E-state index in [9.17, 15) is 22.9 Å². The number of carboxylic acid groups (broad SMARTS) is 1. The fourth-order valence-electron chi connectivity index (χ4n) is 2.60. The first-order chi connectivity index (χ1) is 11.4. The van der Waals surface area contributed by atoms with E-state index in [1.54, 1.807) is 0 Å². The van der Waals surface area contributed by atoms with Crippen LogP contribution in [0.5, 0.6) is 0 Å². The Morgan fingerprint density at radius 1 is 0.846 bits per heavy atom. The van der Waals surface area contributed by atoms with Crippen molar-refractivity contribution in [3.05, 3.63) is 12.2 Å². The second-order valence-corrected chi connectivity index (χ2v) is 7.87. The normalized spacial score (nSPS) is 12.4. The monoisotopic (exact) mass is 438 g/mol. The van der Waals surface area contributed by atoms with Gasteiger partial charge in [0, 0.05) is 0 Å². The summed E-state index contributed by atoms with van der Waals surface area (Å²) in [6, 6.07) is 0. The Labute approximate surface area is 245 Å². The van der Waals surface area contributed by atoms with Crippen LogP contribution in [-0.4, -0.2) is 24.2 Å². The van der Waals surface area contributed by atoms with E-state index in [1.807, 2.05) is 0 Å². The third kappa shape index (κ3) is 21.1. The molecule has 0 saturated heterocycles. The molecule has 0 aromatic carbocycles. The Morgan fingerprint density at radius 3 is 1.69 bits per heavy atom. The van der Waals surface area contributed by atoms with E-state index in [0.29, 0.717) is 6.42 Å². The Kier molecular flexibility index (Phi) is 28.1. The van der Waals surface area contributed by atoms with E-state index in [4.69, 9.17) is 0 Å². The second-order valence-electron chi connectivity index (χ2n) is 6.32. The average Bonchev–Trinajstić information content (AvgIpc) is 2.49. The molecule has 0 heterocycles. The molecule has 0 aliphatic rings. The SMILES string of the molecule is CCCCCCCC/C=C\CCCCCCC(C(=O)[O-])S(=O)(=O)[O-].[K+].[K+]. The third-order valence-electron chi connectivity index (χ3n) is 4.09. The van der Waals surface area contributed by atoms with Crippen molar-refractivity contribution in [2.45, 2.75) is 95.6 Å². The fraction of sp³-hybridized carbons (Fsp3) is 0.833. The zero-order valence-corrected chi connectivity index (χ0v) is 23.9. The maximum atomic E-state index is 10.8. The van der Waals surface area contributed by atoms with E-state index < -0.39 is 21.3 Å². The Bertz CT molecular complexity index is 452. The molecule has 0 aromatic rings. The summed E-state index contributed by atoms with van der Waals surface area (Å²) in [6.45, 7) is 2.22. The van der Waals surface area contributed by atoms with Crippen LogP contribution in [0.2, 0.25) is 0 Å². The van der Waals surface area contributed by atoms with Gasteiger partial charge in [-0.15, -0.1) is 0 Å². The van der Waals surface area contributed by atoms with E-state index in [1.165, 1.54) is 38.5 Å². The smallest absolute Gasteiger partial charge is 0.747 e. The minimum atomic E-state index is -4.81. The van der Waals surface area contributed by atoms with Gasteiger partial charge in [0.25, 0.3) is 0 Å². The number of carboxylic acids is 1. The number of hydrogen-bond acceptors (Lipinski definition) is 5. The fourth-order valence-corrected chi connectivity index (χ4v) is 3.29. The van der Waals surface area contributed by atoms with E-state index in [2.05, 4.69) is 19.1 Å². The van der Waals surface area contributed by atoms with Crippen molar-refractivity contribution in [3.63, 3.8) is 0 Å². The molecule has 0 amide bonds. The molecule has 8 heteroatoms. The van der Waals surface area contributed by atoms with Gasteiger partial charge >= 0.3 is 103 Å². The Balaban J connectivity index is -0.00000264. The molecule has 0 aliphatic heterocycles. The van der Waals surface area contributed by atoms with Gasteiger partial charge in [0.15, 0.2) is 0 Å². The summed E-state index contributed by atoms with van der Waals surface area (Å²) in [5.74, 6) is -1.79. The predicted octanol–water partition coefficient (Wildman–Crippen LogP) is -2.69. The molecule has 0 N–H and O–H groups in total. The molecule has 0 rings (SSSR count). The minimum Gasteiger partial charge on any atom is -0.747 e. The first-order valence-corrected chi connectivity index (χ1v) is 10.7. The molecule has 1 unspecified atom stereocenters. The van der Waals surface area contributed by atoms with Crippen molar-refractivity contribution < 1.29 is 126 Å². The number of rotatable bonds is 16. The molecule has 26 heavy (non-hydrogen) atoms. The molecule has 5 nitrogen and oxygen atoms in total. The quantitative estimate of drug-likeness (QED) is 0.113. The van der Waals surface area contributed by atoms with Crippen LogP contribution < -0.4 is 108 Å². The van der Waals surface area contributed by atoms with Gasteiger partial charge in [0.05, 0.1) is 11.2 Å². The first kappa shape index (κ1) is 33.0. The van der Waals surface area contributed by atoms with Gasteiger partial charge < -0.3 is 14.5 Å². The van der Waals surface area contributed by atoms with Gasteiger partial charge in [-0.2, -0.15) is 0 Å². The summed E-state index contributed by atoms with van der Waals surface area (Å²) in [4.78, 5) is 10.6. The van der Waals surface area contributed by atoms with Crippen molar-refractivity contribution in [2.75, 3.05) is 0 Å². The average molecular weight is 439 g/mol. The van der Waals surface area contributed by atoms with Crippen molar-refractivity contribution in [2.24, 2.45) is 0 Å². The van der Waals surface area contributed by atoms with Crippen LogP contribution >= 0.6 is 0 Å². The zero-order valence-electron chi connectivity index (χ0n) is 16.9. The maximum Gasteiger partial charge on any atom is 1.00 e. The maximum absolute atomic E-state index is 10.8. The van der Waals surface area contributed by atoms with E-state index in [0.717, 1.165) is 32.1 Å². The van der Waals surface area contributed by atoms with Gasteiger partial charge in [-0.05, 0) is 32.1 Å². The molecule has 0 aliphatic carbocycles.